The summed E-state index contributed by atoms with van der Waals surface area (Å²) in [7, 11) is 1.21. The molecule has 0 aromatic rings. The average molecular weight is 388 g/mol. The maximum absolute atomic E-state index is 12.4. The molecule has 152 valence electrons. The lowest BCUT2D eigenvalue weighted by atomic mass is 9.83. The summed E-state index contributed by atoms with van der Waals surface area (Å²) in [5, 5.41) is 39.1. The molecule has 27 heavy (non-hydrogen) atoms. The molecule has 3 aliphatic rings. The largest absolute Gasteiger partial charge is 0.472 e. The van der Waals surface area contributed by atoms with E-state index in [4.69, 9.17) is 18.9 Å². The molecule has 10 nitrogen and oxygen atoms in total. The number of rotatable bonds is 4. The molecule has 0 aromatic heterocycles. The molecule has 2 heterocycles. The van der Waals surface area contributed by atoms with E-state index in [1.807, 2.05) is 6.92 Å². The van der Waals surface area contributed by atoms with Crippen molar-refractivity contribution in [3.05, 3.63) is 11.8 Å². The van der Waals surface area contributed by atoms with Crippen LogP contribution < -0.4 is 0 Å². The fourth-order valence-corrected chi connectivity index (χ4v) is 3.96. The average Bonchev–Trinajstić information content (AvgIpc) is 2.96. The van der Waals surface area contributed by atoms with E-state index >= 15 is 0 Å². The van der Waals surface area contributed by atoms with Crippen molar-refractivity contribution >= 4 is 11.8 Å². The zero-order valence-corrected chi connectivity index (χ0v) is 14.9. The lowest BCUT2D eigenvalue weighted by Gasteiger charge is -2.42. The SMILES string of the molecule is COC(=O)C1=CO[C@@H](O[C@H]2O[C@@H](CO)[C@H](O)[C@@H](O)[C@@H]2O)[C@H]2[C@@H]1C(=O)C[C@H]2C. The summed E-state index contributed by atoms with van der Waals surface area (Å²) in [6, 6.07) is 0. The van der Waals surface area contributed by atoms with Crippen molar-refractivity contribution in [1.29, 1.82) is 0 Å². The maximum atomic E-state index is 12.4. The summed E-state index contributed by atoms with van der Waals surface area (Å²) < 4.78 is 21.2. The summed E-state index contributed by atoms with van der Waals surface area (Å²) in [6.07, 6.45) is -6.93. The third-order valence-corrected chi connectivity index (χ3v) is 5.43. The quantitative estimate of drug-likeness (QED) is 0.400. The minimum absolute atomic E-state index is 0.102. The van der Waals surface area contributed by atoms with Crippen LogP contribution in [0.2, 0.25) is 0 Å². The third-order valence-electron chi connectivity index (χ3n) is 5.43. The first-order chi connectivity index (χ1) is 12.8. The van der Waals surface area contributed by atoms with Crippen LogP contribution >= 0.6 is 0 Å². The Labute approximate surface area is 155 Å². The van der Waals surface area contributed by atoms with Gasteiger partial charge < -0.3 is 39.4 Å². The molecule has 1 saturated heterocycles. The second kappa shape index (κ2) is 7.82. The number of Topliss-reactive ketones (excluding diaryl/α,β-unsaturated/α-hetero) is 1. The predicted molar refractivity (Wildman–Crippen MR) is 85.6 cm³/mol. The van der Waals surface area contributed by atoms with Crippen molar-refractivity contribution in [1.82, 2.24) is 0 Å². The van der Waals surface area contributed by atoms with Gasteiger partial charge in [0.25, 0.3) is 0 Å². The number of hydrogen-bond acceptors (Lipinski definition) is 10. The molecule has 1 saturated carbocycles. The Balaban J connectivity index is 1.82. The van der Waals surface area contributed by atoms with E-state index in [0.717, 1.165) is 6.26 Å². The topological polar surface area (TPSA) is 152 Å². The molecule has 0 unspecified atom stereocenters. The number of ketones is 1. The highest BCUT2D eigenvalue weighted by Crippen LogP contribution is 2.45. The van der Waals surface area contributed by atoms with E-state index in [9.17, 15) is 30.0 Å². The molecular weight excluding hydrogens is 364 g/mol. The molecule has 0 spiro atoms. The lowest BCUT2D eigenvalue weighted by molar-refractivity contribution is -0.342. The smallest absolute Gasteiger partial charge is 0.337 e. The highest BCUT2D eigenvalue weighted by molar-refractivity contribution is 5.99. The first kappa shape index (κ1) is 20.2. The van der Waals surface area contributed by atoms with Gasteiger partial charge in [-0.15, -0.1) is 0 Å². The van der Waals surface area contributed by atoms with Crippen LogP contribution in [0.25, 0.3) is 0 Å². The monoisotopic (exact) mass is 388 g/mol. The van der Waals surface area contributed by atoms with Crippen LogP contribution in [0.1, 0.15) is 13.3 Å². The van der Waals surface area contributed by atoms with E-state index < -0.39 is 61.4 Å². The van der Waals surface area contributed by atoms with Crippen molar-refractivity contribution in [3.8, 4) is 0 Å². The molecule has 0 bridgehead atoms. The molecule has 2 aliphatic heterocycles. The minimum atomic E-state index is -1.59. The van der Waals surface area contributed by atoms with E-state index in [1.165, 1.54) is 7.11 Å². The van der Waals surface area contributed by atoms with Gasteiger partial charge in [-0.3, -0.25) is 4.79 Å². The zero-order chi connectivity index (χ0) is 19.9. The normalized spacial score (nSPS) is 44.3. The van der Waals surface area contributed by atoms with Gasteiger partial charge in [0.1, 0.15) is 30.2 Å². The summed E-state index contributed by atoms with van der Waals surface area (Å²) in [4.78, 5) is 24.4. The number of methoxy groups -OCH3 is 1. The Hall–Kier alpha value is -1.56. The molecule has 0 aromatic carbocycles. The highest BCUT2D eigenvalue weighted by Gasteiger charge is 2.54. The number of ether oxygens (including phenoxy) is 4. The van der Waals surface area contributed by atoms with Crippen molar-refractivity contribution in [2.75, 3.05) is 13.7 Å². The van der Waals surface area contributed by atoms with Gasteiger partial charge in [-0.25, -0.2) is 4.79 Å². The standard InChI is InChI=1S/C17H24O10/c1-6-3-8(19)11-7(15(23)24-2)5-25-16(10(6)11)27-17-14(22)13(21)12(20)9(4-18)26-17/h5-6,9-14,16-18,20-22H,3-4H2,1-2H3/t6-,9+,10-,11+,12+,13-,14+,16+,17-/m1/s1. The van der Waals surface area contributed by atoms with E-state index in [1.54, 1.807) is 0 Å². The summed E-state index contributed by atoms with van der Waals surface area (Å²) in [5.74, 6) is -2.28. The fourth-order valence-electron chi connectivity index (χ4n) is 3.96. The first-order valence-electron chi connectivity index (χ1n) is 8.72. The number of fused-ring (bicyclic) bond motifs is 1. The highest BCUT2D eigenvalue weighted by atomic mass is 16.8. The molecule has 1 aliphatic carbocycles. The van der Waals surface area contributed by atoms with Crippen molar-refractivity contribution in [3.63, 3.8) is 0 Å². The molecule has 0 radical (unpaired) electrons. The summed E-state index contributed by atoms with van der Waals surface area (Å²) in [5.41, 5.74) is 0.102. The van der Waals surface area contributed by atoms with Gasteiger partial charge in [-0.05, 0) is 5.92 Å². The zero-order valence-electron chi connectivity index (χ0n) is 14.9. The second-order valence-corrected chi connectivity index (χ2v) is 7.11. The summed E-state index contributed by atoms with van der Waals surface area (Å²) in [6.45, 7) is 1.22. The van der Waals surface area contributed by atoms with Crippen molar-refractivity contribution in [2.45, 2.75) is 50.3 Å². The first-order valence-corrected chi connectivity index (χ1v) is 8.72. The molecule has 4 N–H and O–H groups in total. The predicted octanol–water partition coefficient (Wildman–Crippen LogP) is -1.94. The Morgan fingerprint density at radius 2 is 1.93 bits per heavy atom. The van der Waals surface area contributed by atoms with E-state index in [2.05, 4.69) is 0 Å². The Morgan fingerprint density at radius 3 is 2.56 bits per heavy atom. The van der Waals surface area contributed by atoms with Gasteiger partial charge >= 0.3 is 5.97 Å². The van der Waals surface area contributed by atoms with Crippen LogP contribution in [0.15, 0.2) is 11.8 Å². The Bertz CT molecular complexity index is 617. The Morgan fingerprint density at radius 1 is 1.22 bits per heavy atom. The van der Waals surface area contributed by atoms with Gasteiger partial charge in [-0.1, -0.05) is 6.92 Å². The maximum Gasteiger partial charge on any atom is 0.337 e. The third kappa shape index (κ3) is 3.48. The van der Waals surface area contributed by atoms with E-state index in [-0.39, 0.29) is 23.7 Å². The van der Waals surface area contributed by atoms with Crippen LogP contribution in [0.5, 0.6) is 0 Å². The van der Waals surface area contributed by atoms with Crippen molar-refractivity contribution < 1.29 is 49.0 Å². The van der Waals surface area contributed by atoms with Gasteiger partial charge in [0.2, 0.25) is 6.29 Å². The number of aliphatic hydroxyl groups excluding tert-OH is 4. The van der Waals surface area contributed by atoms with Gasteiger partial charge in [0, 0.05) is 12.3 Å². The molecule has 2 fully saturated rings. The van der Waals surface area contributed by atoms with Crippen LogP contribution in [0, 0.1) is 17.8 Å². The molecule has 9 atom stereocenters. The van der Waals surface area contributed by atoms with Gasteiger partial charge in [-0.2, -0.15) is 0 Å². The van der Waals surface area contributed by atoms with Crippen LogP contribution in [-0.4, -0.2) is 82.9 Å². The molecular formula is C17H24O10. The summed E-state index contributed by atoms with van der Waals surface area (Å²) >= 11 is 0. The second-order valence-electron chi connectivity index (χ2n) is 7.11. The van der Waals surface area contributed by atoms with E-state index in [0.29, 0.717) is 0 Å². The molecule has 3 rings (SSSR count). The number of aliphatic hydroxyl groups is 4. The minimum Gasteiger partial charge on any atom is -0.472 e. The van der Waals surface area contributed by atoms with Gasteiger partial charge in [0.05, 0.1) is 31.5 Å². The van der Waals surface area contributed by atoms with Gasteiger partial charge in [0.15, 0.2) is 6.29 Å². The number of esters is 1. The van der Waals surface area contributed by atoms with Crippen LogP contribution in [0.4, 0.5) is 0 Å². The lowest BCUT2D eigenvalue weighted by Crippen LogP contribution is -2.60. The molecule has 10 heteroatoms. The Kier molecular flexibility index (Phi) is 5.84. The van der Waals surface area contributed by atoms with Crippen molar-refractivity contribution in [2.24, 2.45) is 17.8 Å². The molecule has 0 amide bonds. The number of carbonyl (C=O) groups excluding carboxylic acids is 2. The number of carbonyl (C=O) groups is 2. The van der Waals surface area contributed by atoms with Crippen LogP contribution in [-0.2, 0) is 28.5 Å². The van der Waals surface area contributed by atoms with Crippen LogP contribution in [0.3, 0.4) is 0 Å². The number of hydrogen-bond donors (Lipinski definition) is 4. The fraction of sp³-hybridized carbons (Fsp3) is 0.765.